The number of urea groups is 1. The molecule has 4 aliphatic rings. The van der Waals surface area contributed by atoms with Crippen molar-refractivity contribution in [2.24, 2.45) is 17.1 Å². The Kier molecular flexibility index (Phi) is 9.92. The molecule has 1 aliphatic carbocycles. The van der Waals surface area contributed by atoms with E-state index >= 15 is 0 Å². The van der Waals surface area contributed by atoms with Gasteiger partial charge in [-0.05, 0) is 64.0 Å². The highest BCUT2D eigenvalue weighted by molar-refractivity contribution is 5.74. The van der Waals surface area contributed by atoms with Gasteiger partial charge in [0.2, 0.25) is 0 Å². The van der Waals surface area contributed by atoms with Gasteiger partial charge in [0.15, 0.2) is 0 Å². The molecule has 12 nitrogen and oxygen atoms in total. The molecular formula is C26H52N8O4. The molecule has 3 heterocycles. The summed E-state index contributed by atoms with van der Waals surface area (Å²) in [7, 11) is 1.97. The summed E-state index contributed by atoms with van der Waals surface area (Å²) in [6.45, 7) is 11.2. The zero-order valence-corrected chi connectivity index (χ0v) is 23.8. The Hall–Kier alpha value is -1.09. The standard InChI is InChI=1S/C26H52N8O4/c1-15(31-25(37)32-17-8-6-16(7-9-17)26(2,3)4)10-11-33(5)12-18-20(35)21(36)24(38-18)34-14-30-19-22(27)28-13-29-23(19)34/h15-24,28-30,35-36H,6-14,27H2,1-5H3,(H2,31,32,37)/t15?,16?,17?,18?,19?,20-,21-,22?,23?,24?/m1/s1. The highest BCUT2D eigenvalue weighted by Crippen LogP contribution is 2.37. The number of amides is 2. The van der Waals surface area contributed by atoms with Crippen LogP contribution in [-0.2, 0) is 4.74 Å². The number of nitrogens with zero attached hydrogens (tertiary/aromatic N) is 2. The van der Waals surface area contributed by atoms with Gasteiger partial charge in [0.05, 0.1) is 25.0 Å². The van der Waals surface area contributed by atoms with Crippen LogP contribution in [0.2, 0.25) is 0 Å². The molecule has 0 aromatic heterocycles. The largest absolute Gasteiger partial charge is 0.387 e. The molecule has 0 bridgehead atoms. The molecule has 0 spiro atoms. The van der Waals surface area contributed by atoms with Crippen LogP contribution in [0.3, 0.4) is 0 Å². The maximum Gasteiger partial charge on any atom is 0.315 e. The van der Waals surface area contributed by atoms with Gasteiger partial charge in [-0.15, -0.1) is 0 Å². The molecule has 0 aromatic rings. The number of likely N-dealkylation sites (N-methyl/N-ethyl adjacent to an activating group) is 1. The van der Waals surface area contributed by atoms with E-state index in [1.54, 1.807) is 0 Å². The van der Waals surface area contributed by atoms with Crippen molar-refractivity contribution in [1.82, 2.24) is 36.4 Å². The Bertz CT molecular complexity index is 777. The van der Waals surface area contributed by atoms with E-state index in [1.165, 1.54) is 0 Å². The minimum absolute atomic E-state index is 0.0110. The summed E-state index contributed by atoms with van der Waals surface area (Å²) in [6, 6.07) is 0.159. The predicted octanol–water partition coefficient (Wildman–Crippen LogP) is -0.960. The number of nitrogens with one attached hydrogen (secondary N) is 5. The van der Waals surface area contributed by atoms with Crippen LogP contribution < -0.4 is 32.3 Å². The van der Waals surface area contributed by atoms with Gasteiger partial charge in [-0.2, -0.15) is 0 Å². The van der Waals surface area contributed by atoms with Crippen molar-refractivity contribution < 1.29 is 19.7 Å². The highest BCUT2D eigenvalue weighted by Gasteiger charge is 2.51. The van der Waals surface area contributed by atoms with Crippen molar-refractivity contribution >= 4 is 6.03 Å². The minimum atomic E-state index is -1.01. The quantitative estimate of drug-likeness (QED) is 0.193. The van der Waals surface area contributed by atoms with Crippen molar-refractivity contribution in [1.29, 1.82) is 0 Å². The number of hydrogen-bond donors (Lipinski definition) is 8. The van der Waals surface area contributed by atoms with Crippen molar-refractivity contribution in [3.05, 3.63) is 0 Å². The zero-order chi connectivity index (χ0) is 27.6. The Balaban J connectivity index is 1.16. The summed E-state index contributed by atoms with van der Waals surface area (Å²) in [5, 5.41) is 37.6. The number of carbonyl (C=O) groups is 1. The van der Waals surface area contributed by atoms with Crippen LogP contribution in [0.5, 0.6) is 0 Å². The van der Waals surface area contributed by atoms with Crippen molar-refractivity contribution in [3.8, 4) is 0 Å². The second-order valence-electron chi connectivity index (χ2n) is 13.0. The number of ether oxygens (including phenoxy) is 1. The van der Waals surface area contributed by atoms with E-state index in [1.807, 2.05) is 18.9 Å². The van der Waals surface area contributed by atoms with Crippen LogP contribution >= 0.6 is 0 Å². The molecule has 4 rings (SSSR count). The lowest BCUT2D eigenvalue weighted by Gasteiger charge is -2.38. The molecule has 6 unspecified atom stereocenters. The fourth-order valence-corrected chi connectivity index (χ4v) is 6.44. The molecule has 4 fully saturated rings. The second kappa shape index (κ2) is 12.6. The summed E-state index contributed by atoms with van der Waals surface area (Å²) in [5.74, 6) is 0.722. The predicted molar refractivity (Wildman–Crippen MR) is 146 cm³/mol. The number of nitrogens with two attached hydrogens (primary N) is 1. The average molecular weight is 541 g/mol. The van der Waals surface area contributed by atoms with E-state index in [-0.39, 0.29) is 36.5 Å². The highest BCUT2D eigenvalue weighted by atomic mass is 16.6. The Morgan fingerprint density at radius 1 is 1.16 bits per heavy atom. The third kappa shape index (κ3) is 7.15. The number of aliphatic hydroxyl groups excluding tert-OH is 2. The first-order chi connectivity index (χ1) is 17.9. The van der Waals surface area contributed by atoms with Crippen LogP contribution in [0.15, 0.2) is 0 Å². The first kappa shape index (κ1) is 29.9. The molecule has 12 heteroatoms. The maximum atomic E-state index is 12.5. The summed E-state index contributed by atoms with van der Waals surface area (Å²) in [6.07, 6.45) is 1.78. The lowest BCUT2D eigenvalue weighted by Crippen LogP contribution is -2.68. The second-order valence-corrected chi connectivity index (χ2v) is 13.0. The van der Waals surface area contributed by atoms with E-state index in [0.29, 0.717) is 25.3 Å². The molecule has 9 N–H and O–H groups in total. The summed E-state index contributed by atoms with van der Waals surface area (Å²) >= 11 is 0. The van der Waals surface area contributed by atoms with E-state index in [0.717, 1.165) is 44.6 Å². The van der Waals surface area contributed by atoms with Crippen molar-refractivity contribution in [2.45, 2.75) is 115 Å². The number of carbonyl (C=O) groups excluding carboxylic acids is 1. The van der Waals surface area contributed by atoms with Gasteiger partial charge >= 0.3 is 6.03 Å². The molecule has 8 atom stereocenters. The molecule has 0 radical (unpaired) electrons. The summed E-state index contributed by atoms with van der Waals surface area (Å²) < 4.78 is 6.17. The number of fused-ring (bicyclic) bond motifs is 1. The minimum Gasteiger partial charge on any atom is -0.387 e. The van der Waals surface area contributed by atoms with Gasteiger partial charge < -0.3 is 36.2 Å². The van der Waals surface area contributed by atoms with Crippen LogP contribution in [0.25, 0.3) is 0 Å². The molecule has 220 valence electrons. The first-order valence-electron chi connectivity index (χ1n) is 14.4. The average Bonchev–Trinajstić information content (AvgIpc) is 3.40. The van der Waals surface area contributed by atoms with Crippen LogP contribution in [-0.4, -0.2) is 115 Å². The fraction of sp³-hybridized carbons (Fsp3) is 0.962. The molecular weight excluding hydrogens is 488 g/mol. The van der Waals surface area contributed by atoms with E-state index < -0.39 is 24.5 Å². The first-order valence-corrected chi connectivity index (χ1v) is 14.4. The molecule has 0 aromatic carbocycles. The summed E-state index contributed by atoms with van der Waals surface area (Å²) in [4.78, 5) is 16.6. The number of hydrogen-bond acceptors (Lipinski definition) is 10. The Morgan fingerprint density at radius 2 is 1.87 bits per heavy atom. The topological polar surface area (TPSA) is 159 Å². The third-order valence-corrected chi connectivity index (χ3v) is 9.01. The molecule has 3 saturated heterocycles. The van der Waals surface area contributed by atoms with E-state index in [4.69, 9.17) is 10.5 Å². The van der Waals surface area contributed by atoms with Gasteiger partial charge in [-0.3, -0.25) is 16.0 Å². The number of rotatable bonds is 8. The SMILES string of the molecule is CC(CCN(C)CC1OC(N2CNC3C(N)NCNC32)[C@H](O)[C@@H]1O)NC(=O)NC1CCC(C(C)(C)C)CC1. The monoisotopic (exact) mass is 540 g/mol. The lowest BCUT2D eigenvalue weighted by molar-refractivity contribution is -0.106. The van der Waals surface area contributed by atoms with Gasteiger partial charge in [0, 0.05) is 25.3 Å². The van der Waals surface area contributed by atoms with Crippen LogP contribution in [0, 0.1) is 11.3 Å². The van der Waals surface area contributed by atoms with Gasteiger partial charge in [-0.25, -0.2) is 9.69 Å². The number of aliphatic hydroxyl groups is 2. The molecule has 3 aliphatic heterocycles. The van der Waals surface area contributed by atoms with E-state index in [2.05, 4.69) is 52.3 Å². The Morgan fingerprint density at radius 3 is 2.55 bits per heavy atom. The third-order valence-electron chi connectivity index (χ3n) is 9.01. The van der Waals surface area contributed by atoms with E-state index in [9.17, 15) is 15.0 Å². The van der Waals surface area contributed by atoms with Crippen molar-refractivity contribution in [2.75, 3.05) is 33.5 Å². The van der Waals surface area contributed by atoms with Gasteiger partial charge in [0.1, 0.15) is 24.5 Å². The Labute approximate surface area is 227 Å². The molecule has 1 saturated carbocycles. The normalized spacial score (nSPS) is 39.2. The fourth-order valence-electron chi connectivity index (χ4n) is 6.44. The molecule has 2 amide bonds. The smallest absolute Gasteiger partial charge is 0.315 e. The van der Waals surface area contributed by atoms with Gasteiger partial charge in [0.25, 0.3) is 0 Å². The van der Waals surface area contributed by atoms with Crippen LogP contribution in [0.4, 0.5) is 4.79 Å². The summed E-state index contributed by atoms with van der Waals surface area (Å²) in [5.41, 5.74) is 6.49. The lowest BCUT2D eigenvalue weighted by atomic mass is 9.71. The van der Waals surface area contributed by atoms with Crippen LogP contribution in [0.1, 0.15) is 59.8 Å². The van der Waals surface area contributed by atoms with Crippen molar-refractivity contribution in [3.63, 3.8) is 0 Å². The maximum absolute atomic E-state index is 12.5. The van der Waals surface area contributed by atoms with Gasteiger partial charge in [-0.1, -0.05) is 20.8 Å². The molecule has 38 heavy (non-hydrogen) atoms. The zero-order valence-electron chi connectivity index (χ0n) is 23.8.